The van der Waals surface area contributed by atoms with Crippen molar-refractivity contribution in [3.63, 3.8) is 0 Å². The minimum atomic E-state index is -0.547. The Morgan fingerprint density at radius 3 is 2.83 bits per heavy atom. The van der Waals surface area contributed by atoms with E-state index in [9.17, 15) is 4.79 Å². The Morgan fingerprint density at radius 2 is 2.28 bits per heavy atom. The molecule has 6 nitrogen and oxygen atoms in total. The maximum Gasteiger partial charge on any atom is 0.257 e. The Kier molecular flexibility index (Phi) is 4.11. The number of anilines is 2. The molecule has 98 valence electrons. The first-order valence-corrected chi connectivity index (χ1v) is 5.80. The molecule has 0 bridgehead atoms. The summed E-state index contributed by atoms with van der Waals surface area (Å²) in [6.07, 6.45) is 1.16. The monoisotopic (exact) mass is 251 g/mol. The number of hydrogen-bond donors (Lipinski definition) is 1. The van der Waals surface area contributed by atoms with E-state index in [1.54, 1.807) is 12.3 Å². The molecular weight excluding hydrogens is 234 g/mol. The Hall–Kier alpha value is -1.66. The summed E-state index contributed by atoms with van der Waals surface area (Å²) in [5.41, 5.74) is 0.977. The van der Waals surface area contributed by atoms with Crippen molar-refractivity contribution in [2.75, 3.05) is 44.1 Å². The van der Waals surface area contributed by atoms with Crippen LogP contribution in [0.25, 0.3) is 0 Å². The van der Waals surface area contributed by atoms with E-state index in [2.05, 4.69) is 10.3 Å². The van der Waals surface area contributed by atoms with Gasteiger partial charge in [-0.1, -0.05) is 0 Å². The molecular formula is C12H17N3O3. The van der Waals surface area contributed by atoms with Crippen molar-refractivity contribution in [3.8, 4) is 0 Å². The van der Waals surface area contributed by atoms with Crippen molar-refractivity contribution in [3.05, 3.63) is 18.3 Å². The Labute approximate surface area is 106 Å². The summed E-state index contributed by atoms with van der Waals surface area (Å²) in [6, 6.07) is 3.65. The van der Waals surface area contributed by atoms with Crippen LogP contribution in [0, 0.1) is 0 Å². The van der Waals surface area contributed by atoms with Crippen molar-refractivity contribution < 1.29 is 14.3 Å². The molecule has 2 heterocycles. The number of pyridine rings is 1. The lowest BCUT2D eigenvalue weighted by Gasteiger charge is -2.21. The number of rotatable bonds is 3. The van der Waals surface area contributed by atoms with E-state index in [0.717, 1.165) is 5.69 Å². The maximum atomic E-state index is 11.8. The van der Waals surface area contributed by atoms with Crippen molar-refractivity contribution >= 4 is 17.4 Å². The van der Waals surface area contributed by atoms with Crippen LogP contribution < -0.4 is 10.2 Å². The van der Waals surface area contributed by atoms with Crippen LogP contribution in [0.5, 0.6) is 0 Å². The first-order chi connectivity index (χ1) is 8.66. The Bertz CT molecular complexity index is 400. The SMILES string of the molecule is CN(C)c1ccc(NC(=O)C2COCCO2)nc1. The van der Waals surface area contributed by atoms with Crippen LogP contribution in [0.2, 0.25) is 0 Å². The molecule has 6 heteroatoms. The molecule has 0 aliphatic carbocycles. The molecule has 18 heavy (non-hydrogen) atoms. The summed E-state index contributed by atoms with van der Waals surface area (Å²) in [6.45, 7) is 1.28. The highest BCUT2D eigenvalue weighted by Gasteiger charge is 2.22. The number of hydrogen-bond acceptors (Lipinski definition) is 5. The Balaban J connectivity index is 1.94. The fourth-order valence-corrected chi connectivity index (χ4v) is 1.57. The zero-order valence-corrected chi connectivity index (χ0v) is 10.5. The molecule has 1 N–H and O–H groups in total. The largest absolute Gasteiger partial charge is 0.376 e. The summed E-state index contributed by atoms with van der Waals surface area (Å²) < 4.78 is 10.5. The first kappa shape index (κ1) is 12.8. The summed E-state index contributed by atoms with van der Waals surface area (Å²) >= 11 is 0. The molecule has 1 aromatic rings. The molecule has 0 radical (unpaired) electrons. The van der Waals surface area contributed by atoms with Crippen LogP contribution in [-0.4, -0.2) is 50.9 Å². The molecule has 1 aliphatic rings. The van der Waals surface area contributed by atoms with Crippen LogP contribution >= 0.6 is 0 Å². The van der Waals surface area contributed by atoms with Crippen LogP contribution in [0.3, 0.4) is 0 Å². The lowest BCUT2D eigenvalue weighted by Crippen LogP contribution is -2.39. The molecule has 1 aromatic heterocycles. The topological polar surface area (TPSA) is 63.7 Å². The lowest BCUT2D eigenvalue weighted by molar-refractivity contribution is -0.142. The van der Waals surface area contributed by atoms with E-state index < -0.39 is 6.10 Å². The number of nitrogens with zero attached hydrogens (tertiary/aromatic N) is 2. The number of carbonyl (C=O) groups is 1. The minimum Gasteiger partial charge on any atom is -0.376 e. The Morgan fingerprint density at radius 1 is 1.44 bits per heavy atom. The molecule has 0 aromatic carbocycles. The quantitative estimate of drug-likeness (QED) is 0.847. The van der Waals surface area contributed by atoms with Gasteiger partial charge in [0, 0.05) is 14.1 Å². The molecule has 1 atom stereocenters. The van der Waals surface area contributed by atoms with Gasteiger partial charge in [-0.25, -0.2) is 4.98 Å². The van der Waals surface area contributed by atoms with Gasteiger partial charge in [0.05, 0.1) is 31.7 Å². The molecule has 1 unspecified atom stereocenters. The van der Waals surface area contributed by atoms with Gasteiger partial charge in [0.25, 0.3) is 5.91 Å². The third kappa shape index (κ3) is 3.18. The van der Waals surface area contributed by atoms with Crippen LogP contribution in [0.1, 0.15) is 0 Å². The summed E-state index contributed by atoms with van der Waals surface area (Å²) in [5, 5.41) is 2.70. The summed E-state index contributed by atoms with van der Waals surface area (Å²) in [5.74, 6) is 0.291. The van der Waals surface area contributed by atoms with E-state index in [4.69, 9.17) is 9.47 Å². The van der Waals surface area contributed by atoms with Crippen molar-refractivity contribution in [2.45, 2.75) is 6.10 Å². The van der Waals surface area contributed by atoms with Crippen molar-refractivity contribution in [2.24, 2.45) is 0 Å². The predicted octanol–water partition coefficient (Wildman–Crippen LogP) is 0.501. The second-order valence-electron chi connectivity index (χ2n) is 4.22. The van der Waals surface area contributed by atoms with E-state index in [-0.39, 0.29) is 5.91 Å². The number of carbonyl (C=O) groups excluding carboxylic acids is 1. The van der Waals surface area contributed by atoms with Gasteiger partial charge < -0.3 is 19.7 Å². The van der Waals surface area contributed by atoms with Gasteiger partial charge in [-0.2, -0.15) is 0 Å². The minimum absolute atomic E-state index is 0.222. The third-order valence-electron chi connectivity index (χ3n) is 2.62. The van der Waals surface area contributed by atoms with Gasteiger partial charge in [0.1, 0.15) is 5.82 Å². The number of nitrogens with one attached hydrogen (secondary N) is 1. The molecule has 1 aliphatic heterocycles. The van der Waals surface area contributed by atoms with Crippen molar-refractivity contribution in [1.82, 2.24) is 4.98 Å². The highest BCUT2D eigenvalue weighted by Crippen LogP contribution is 2.13. The second-order valence-corrected chi connectivity index (χ2v) is 4.22. The molecule has 2 rings (SSSR count). The van der Waals surface area contributed by atoms with Crippen LogP contribution in [-0.2, 0) is 14.3 Å². The van der Waals surface area contributed by atoms with Crippen LogP contribution in [0.4, 0.5) is 11.5 Å². The van der Waals surface area contributed by atoms with E-state index >= 15 is 0 Å². The zero-order valence-electron chi connectivity index (χ0n) is 10.5. The average molecular weight is 251 g/mol. The summed E-state index contributed by atoms with van der Waals surface area (Å²) in [7, 11) is 3.87. The zero-order chi connectivity index (χ0) is 13.0. The predicted molar refractivity (Wildman–Crippen MR) is 67.8 cm³/mol. The number of amides is 1. The second kappa shape index (κ2) is 5.79. The fraction of sp³-hybridized carbons (Fsp3) is 0.500. The standard InChI is InChI=1S/C12H17N3O3/c1-15(2)9-3-4-11(13-7-9)14-12(16)10-8-17-5-6-18-10/h3-4,7,10H,5-6,8H2,1-2H3,(H,13,14,16). The first-order valence-electron chi connectivity index (χ1n) is 5.80. The molecule has 0 saturated carbocycles. The van der Waals surface area contributed by atoms with Crippen molar-refractivity contribution in [1.29, 1.82) is 0 Å². The van der Waals surface area contributed by atoms with E-state index in [1.165, 1.54) is 0 Å². The van der Waals surface area contributed by atoms with Crippen LogP contribution in [0.15, 0.2) is 18.3 Å². The van der Waals surface area contributed by atoms with Gasteiger partial charge in [-0.05, 0) is 12.1 Å². The van der Waals surface area contributed by atoms with Gasteiger partial charge in [-0.15, -0.1) is 0 Å². The smallest absolute Gasteiger partial charge is 0.257 e. The van der Waals surface area contributed by atoms with Gasteiger partial charge in [-0.3, -0.25) is 4.79 Å². The molecule has 1 saturated heterocycles. The normalized spacial score (nSPS) is 19.3. The highest BCUT2D eigenvalue weighted by atomic mass is 16.6. The highest BCUT2D eigenvalue weighted by molar-refractivity contribution is 5.93. The summed E-state index contributed by atoms with van der Waals surface area (Å²) in [4.78, 5) is 17.9. The third-order valence-corrected chi connectivity index (χ3v) is 2.62. The molecule has 1 amide bonds. The van der Waals surface area contributed by atoms with Gasteiger partial charge >= 0.3 is 0 Å². The molecule has 1 fully saturated rings. The number of aromatic nitrogens is 1. The van der Waals surface area contributed by atoms with E-state index in [0.29, 0.717) is 25.6 Å². The number of ether oxygens (including phenoxy) is 2. The van der Waals surface area contributed by atoms with Gasteiger partial charge in [0.2, 0.25) is 0 Å². The van der Waals surface area contributed by atoms with Gasteiger partial charge in [0.15, 0.2) is 6.10 Å². The van der Waals surface area contributed by atoms with E-state index in [1.807, 2.05) is 25.1 Å². The fourth-order valence-electron chi connectivity index (χ4n) is 1.57. The molecule has 0 spiro atoms. The average Bonchev–Trinajstić information content (AvgIpc) is 2.40. The maximum absolute atomic E-state index is 11.8. The lowest BCUT2D eigenvalue weighted by atomic mass is 10.3.